The Labute approximate surface area is 187 Å². The van der Waals surface area contributed by atoms with Crippen molar-refractivity contribution in [2.45, 2.75) is 32.1 Å². The van der Waals surface area contributed by atoms with Gasteiger partial charge in [-0.25, -0.2) is 4.39 Å². The van der Waals surface area contributed by atoms with Crippen LogP contribution in [0.1, 0.15) is 43.2 Å². The van der Waals surface area contributed by atoms with Crippen LogP contribution in [0.5, 0.6) is 0 Å². The number of ether oxygens (including phenoxy) is 1. The van der Waals surface area contributed by atoms with Gasteiger partial charge < -0.3 is 14.2 Å². The quantitative estimate of drug-likeness (QED) is 0.529. The average molecular weight is 437 g/mol. The van der Waals surface area contributed by atoms with Gasteiger partial charge >= 0.3 is 5.97 Å². The third-order valence-electron chi connectivity index (χ3n) is 6.33. The zero-order chi connectivity index (χ0) is 22.7. The molecule has 1 amide bonds. The molecule has 168 valence electrons. The minimum absolute atomic E-state index is 0.0267. The Morgan fingerprint density at radius 1 is 1.19 bits per heavy atom. The molecule has 0 bridgehead atoms. The number of para-hydroxylation sites is 1. The second-order valence-electron chi connectivity index (χ2n) is 8.46. The number of carbonyl (C=O) groups excluding carboxylic acids is 2. The van der Waals surface area contributed by atoms with Gasteiger partial charge in [0.05, 0.1) is 12.5 Å². The number of rotatable bonds is 6. The number of hydrogen-bond donors (Lipinski definition) is 0. The number of aryl methyl sites for hydroxylation is 1. The third-order valence-corrected chi connectivity index (χ3v) is 6.33. The van der Waals surface area contributed by atoms with Gasteiger partial charge in [-0.05, 0) is 49.1 Å². The maximum Gasteiger partial charge on any atom is 0.310 e. The smallest absolute Gasteiger partial charge is 0.310 e. The van der Waals surface area contributed by atoms with E-state index in [1.54, 1.807) is 17.9 Å². The summed E-state index contributed by atoms with van der Waals surface area (Å²) in [5, 5.41) is 1.06. The van der Waals surface area contributed by atoms with Gasteiger partial charge in [-0.1, -0.05) is 30.3 Å². The first-order valence-electron chi connectivity index (χ1n) is 11.2. The molecular weight excluding hydrogens is 407 g/mol. The highest BCUT2D eigenvalue weighted by Crippen LogP contribution is 2.35. The van der Waals surface area contributed by atoms with Crippen LogP contribution in [0.2, 0.25) is 0 Å². The molecule has 1 aliphatic rings. The molecule has 2 unspecified atom stereocenters. The molecule has 1 fully saturated rings. The van der Waals surface area contributed by atoms with Crippen LogP contribution in [0, 0.1) is 11.7 Å². The molecule has 0 radical (unpaired) electrons. The first-order valence-corrected chi connectivity index (χ1v) is 11.2. The Bertz CT molecular complexity index is 1120. The van der Waals surface area contributed by atoms with E-state index in [1.165, 1.54) is 12.1 Å². The van der Waals surface area contributed by atoms with Crippen molar-refractivity contribution in [2.24, 2.45) is 13.0 Å². The molecular formula is C26H29FN2O3. The minimum atomic E-state index is -0.319. The van der Waals surface area contributed by atoms with Gasteiger partial charge in [0.1, 0.15) is 5.82 Å². The number of piperidine rings is 1. The Morgan fingerprint density at radius 2 is 2.00 bits per heavy atom. The standard InChI is InChI=1S/C26H29FN2O3/c1-3-32-26(31)19-9-7-13-29(16-19)25(30)15-22(18-8-6-10-20(27)14-18)23-17-28(2)24-12-5-4-11-21(23)24/h4-6,8,10-12,14,17,19,22H,3,7,9,13,15-16H2,1-2H3. The highest BCUT2D eigenvalue weighted by atomic mass is 19.1. The number of amides is 1. The number of hydrogen-bond acceptors (Lipinski definition) is 3. The lowest BCUT2D eigenvalue weighted by Crippen LogP contribution is -2.43. The monoisotopic (exact) mass is 436 g/mol. The maximum absolute atomic E-state index is 14.1. The van der Waals surface area contributed by atoms with Crippen LogP contribution in [-0.4, -0.2) is 41.0 Å². The van der Waals surface area contributed by atoms with Crippen molar-refractivity contribution >= 4 is 22.8 Å². The fraction of sp³-hybridized carbons (Fsp3) is 0.385. The molecule has 0 aliphatic carbocycles. The van der Waals surface area contributed by atoms with Crippen LogP contribution in [0.3, 0.4) is 0 Å². The molecule has 1 aliphatic heterocycles. The van der Waals surface area contributed by atoms with E-state index in [1.807, 2.05) is 48.1 Å². The number of carbonyl (C=O) groups is 2. The molecule has 2 aromatic carbocycles. The van der Waals surface area contributed by atoms with Crippen LogP contribution < -0.4 is 0 Å². The summed E-state index contributed by atoms with van der Waals surface area (Å²) in [4.78, 5) is 27.4. The predicted molar refractivity (Wildman–Crippen MR) is 122 cm³/mol. The van der Waals surface area contributed by atoms with E-state index in [0.717, 1.165) is 34.9 Å². The van der Waals surface area contributed by atoms with Crippen molar-refractivity contribution in [2.75, 3.05) is 19.7 Å². The van der Waals surface area contributed by atoms with E-state index in [2.05, 4.69) is 0 Å². The number of nitrogens with zero attached hydrogens (tertiary/aromatic N) is 2. The summed E-state index contributed by atoms with van der Waals surface area (Å²) < 4.78 is 21.3. The zero-order valence-corrected chi connectivity index (χ0v) is 18.6. The summed E-state index contributed by atoms with van der Waals surface area (Å²) in [7, 11) is 1.98. The van der Waals surface area contributed by atoms with Crippen LogP contribution in [0.15, 0.2) is 54.7 Å². The summed E-state index contributed by atoms with van der Waals surface area (Å²) in [6.07, 6.45) is 3.76. The summed E-state index contributed by atoms with van der Waals surface area (Å²) >= 11 is 0. The second kappa shape index (κ2) is 9.55. The van der Waals surface area contributed by atoms with E-state index in [0.29, 0.717) is 19.7 Å². The van der Waals surface area contributed by atoms with Crippen LogP contribution in [0.4, 0.5) is 4.39 Å². The van der Waals surface area contributed by atoms with Crippen LogP contribution >= 0.6 is 0 Å². The average Bonchev–Trinajstić information content (AvgIpc) is 3.14. The summed E-state index contributed by atoms with van der Waals surface area (Å²) in [5.41, 5.74) is 2.84. The first-order chi connectivity index (χ1) is 15.5. The second-order valence-corrected chi connectivity index (χ2v) is 8.46. The molecule has 0 saturated carbocycles. The molecule has 5 nitrogen and oxygen atoms in total. The topological polar surface area (TPSA) is 51.5 Å². The number of fused-ring (bicyclic) bond motifs is 1. The fourth-order valence-electron chi connectivity index (χ4n) is 4.74. The zero-order valence-electron chi connectivity index (χ0n) is 18.6. The van der Waals surface area contributed by atoms with E-state index < -0.39 is 0 Å². The predicted octanol–water partition coefficient (Wildman–Crippen LogP) is 4.64. The van der Waals surface area contributed by atoms with Gasteiger partial charge in [-0.15, -0.1) is 0 Å². The molecule has 0 N–H and O–H groups in total. The van der Waals surface area contributed by atoms with Gasteiger partial charge in [-0.3, -0.25) is 9.59 Å². The Balaban J connectivity index is 1.64. The lowest BCUT2D eigenvalue weighted by Gasteiger charge is -2.32. The lowest BCUT2D eigenvalue weighted by atomic mass is 9.87. The van der Waals surface area contributed by atoms with E-state index in [4.69, 9.17) is 4.74 Å². The third kappa shape index (κ3) is 4.54. The van der Waals surface area contributed by atoms with Crippen molar-refractivity contribution < 1.29 is 18.7 Å². The van der Waals surface area contributed by atoms with Crippen LogP contribution in [0.25, 0.3) is 10.9 Å². The number of benzene rings is 2. The van der Waals surface area contributed by atoms with Crippen molar-refractivity contribution in [3.8, 4) is 0 Å². The van der Waals surface area contributed by atoms with Gasteiger partial charge in [-0.2, -0.15) is 0 Å². The SMILES string of the molecule is CCOC(=O)C1CCCN(C(=O)CC(c2cccc(F)c2)c2cn(C)c3ccccc23)C1. The molecule has 0 spiro atoms. The summed E-state index contributed by atoms with van der Waals surface area (Å²) in [5.74, 6) is -1.15. The molecule has 2 atom stereocenters. The maximum atomic E-state index is 14.1. The number of likely N-dealkylation sites (tertiary alicyclic amines) is 1. The lowest BCUT2D eigenvalue weighted by molar-refractivity contribution is -0.151. The Hall–Kier alpha value is -3.15. The van der Waals surface area contributed by atoms with Crippen molar-refractivity contribution in [1.29, 1.82) is 0 Å². The van der Waals surface area contributed by atoms with E-state index in [-0.39, 0.29) is 36.0 Å². The van der Waals surface area contributed by atoms with E-state index >= 15 is 0 Å². The fourth-order valence-corrected chi connectivity index (χ4v) is 4.74. The Kier molecular flexibility index (Phi) is 6.58. The number of esters is 1. The summed E-state index contributed by atoms with van der Waals surface area (Å²) in [6.45, 7) is 3.13. The molecule has 32 heavy (non-hydrogen) atoms. The van der Waals surface area contributed by atoms with E-state index in [9.17, 15) is 14.0 Å². The molecule has 6 heteroatoms. The van der Waals surface area contributed by atoms with Gasteiger partial charge in [0.25, 0.3) is 0 Å². The largest absolute Gasteiger partial charge is 0.466 e. The first kappa shape index (κ1) is 22.1. The molecule has 1 saturated heterocycles. The number of halogens is 1. The van der Waals surface area contributed by atoms with Crippen molar-refractivity contribution in [1.82, 2.24) is 9.47 Å². The molecule has 3 aromatic rings. The van der Waals surface area contributed by atoms with Crippen LogP contribution in [-0.2, 0) is 21.4 Å². The van der Waals surface area contributed by atoms with Crippen molar-refractivity contribution in [3.05, 3.63) is 71.7 Å². The highest BCUT2D eigenvalue weighted by Gasteiger charge is 2.31. The normalized spacial score (nSPS) is 17.3. The van der Waals surface area contributed by atoms with Crippen molar-refractivity contribution in [3.63, 3.8) is 0 Å². The van der Waals surface area contributed by atoms with Gasteiger partial charge in [0.2, 0.25) is 5.91 Å². The highest BCUT2D eigenvalue weighted by molar-refractivity contribution is 5.87. The number of aromatic nitrogens is 1. The summed E-state index contributed by atoms with van der Waals surface area (Å²) in [6, 6.07) is 14.5. The minimum Gasteiger partial charge on any atom is -0.466 e. The molecule has 2 heterocycles. The molecule has 1 aromatic heterocycles. The van der Waals surface area contributed by atoms with Gasteiger partial charge in [0.15, 0.2) is 0 Å². The van der Waals surface area contributed by atoms with Gasteiger partial charge in [0, 0.05) is 49.6 Å². The Morgan fingerprint density at radius 3 is 2.78 bits per heavy atom. The molecule has 4 rings (SSSR count).